The molecule has 1 N–H and O–H groups in total. The number of aromatic nitrogens is 2. The number of likely N-dealkylation sites (tertiary alicyclic amines) is 1. The maximum atomic E-state index is 9.32. The van der Waals surface area contributed by atoms with Crippen LogP contribution in [0.15, 0.2) is 18.2 Å². The maximum absolute atomic E-state index is 9.32. The lowest BCUT2D eigenvalue weighted by Gasteiger charge is -2.26. The van der Waals surface area contributed by atoms with Crippen LogP contribution in [-0.2, 0) is 13.1 Å². The number of imidazole rings is 1. The van der Waals surface area contributed by atoms with Crippen molar-refractivity contribution < 1.29 is 5.11 Å². The van der Waals surface area contributed by atoms with Gasteiger partial charge in [0.25, 0.3) is 0 Å². The SMILES string of the molecule is Cc1ccc2c(c1)nc(CN1CCCCC1)n2CCO. The van der Waals surface area contributed by atoms with Gasteiger partial charge in [-0.05, 0) is 50.6 Å². The van der Waals surface area contributed by atoms with E-state index in [1.165, 1.54) is 37.9 Å². The molecule has 3 rings (SSSR count). The normalized spacial score (nSPS) is 16.9. The van der Waals surface area contributed by atoms with Gasteiger partial charge in [0.05, 0.1) is 24.2 Å². The van der Waals surface area contributed by atoms with Crippen molar-refractivity contribution in [1.29, 1.82) is 0 Å². The Morgan fingerprint density at radius 1 is 1.20 bits per heavy atom. The number of hydrogen-bond donors (Lipinski definition) is 1. The van der Waals surface area contributed by atoms with E-state index in [1.807, 2.05) is 0 Å². The van der Waals surface area contributed by atoms with Crippen LogP contribution in [-0.4, -0.2) is 39.3 Å². The molecule has 1 aromatic heterocycles. The number of aliphatic hydroxyl groups excluding tert-OH is 1. The molecule has 1 aliphatic rings. The molecular formula is C16H23N3O. The minimum atomic E-state index is 0.159. The fourth-order valence-corrected chi connectivity index (χ4v) is 3.08. The summed E-state index contributed by atoms with van der Waals surface area (Å²) >= 11 is 0. The lowest BCUT2D eigenvalue weighted by Crippen LogP contribution is -2.30. The van der Waals surface area contributed by atoms with Crippen molar-refractivity contribution in [2.24, 2.45) is 0 Å². The second kappa shape index (κ2) is 5.94. The highest BCUT2D eigenvalue weighted by atomic mass is 16.3. The average molecular weight is 273 g/mol. The fraction of sp³-hybridized carbons (Fsp3) is 0.562. The molecule has 4 heteroatoms. The van der Waals surface area contributed by atoms with Crippen molar-refractivity contribution in [2.45, 2.75) is 39.3 Å². The number of hydrogen-bond acceptors (Lipinski definition) is 3. The average Bonchev–Trinajstić information content (AvgIpc) is 2.77. The van der Waals surface area contributed by atoms with Gasteiger partial charge in [-0.3, -0.25) is 4.90 Å². The minimum absolute atomic E-state index is 0.159. The second-order valence-electron chi connectivity index (χ2n) is 5.73. The maximum Gasteiger partial charge on any atom is 0.124 e. The zero-order chi connectivity index (χ0) is 13.9. The summed E-state index contributed by atoms with van der Waals surface area (Å²) in [6.07, 6.45) is 3.93. The van der Waals surface area contributed by atoms with Crippen molar-refractivity contribution in [3.05, 3.63) is 29.6 Å². The third-order valence-corrected chi connectivity index (χ3v) is 4.12. The van der Waals surface area contributed by atoms with Gasteiger partial charge in [0.2, 0.25) is 0 Å². The van der Waals surface area contributed by atoms with E-state index in [0.717, 1.165) is 23.4 Å². The molecule has 20 heavy (non-hydrogen) atoms. The summed E-state index contributed by atoms with van der Waals surface area (Å²) in [4.78, 5) is 7.27. The van der Waals surface area contributed by atoms with E-state index in [-0.39, 0.29) is 6.61 Å². The molecule has 0 atom stereocenters. The number of piperidine rings is 1. The van der Waals surface area contributed by atoms with Gasteiger partial charge in [0, 0.05) is 6.54 Å². The molecule has 0 unspecified atom stereocenters. The molecule has 0 spiro atoms. The van der Waals surface area contributed by atoms with Crippen LogP contribution >= 0.6 is 0 Å². The summed E-state index contributed by atoms with van der Waals surface area (Å²) in [6, 6.07) is 6.36. The van der Waals surface area contributed by atoms with Crippen LogP contribution in [0.2, 0.25) is 0 Å². The van der Waals surface area contributed by atoms with Gasteiger partial charge in [-0.2, -0.15) is 0 Å². The van der Waals surface area contributed by atoms with Crippen LogP contribution in [0, 0.1) is 6.92 Å². The fourth-order valence-electron chi connectivity index (χ4n) is 3.08. The molecule has 1 aromatic carbocycles. The molecule has 0 radical (unpaired) electrons. The molecule has 0 saturated carbocycles. The highest BCUT2D eigenvalue weighted by molar-refractivity contribution is 5.76. The minimum Gasteiger partial charge on any atom is -0.395 e. The summed E-state index contributed by atoms with van der Waals surface area (Å²) in [7, 11) is 0. The van der Waals surface area contributed by atoms with E-state index in [0.29, 0.717) is 6.54 Å². The Balaban J connectivity index is 1.93. The van der Waals surface area contributed by atoms with Gasteiger partial charge in [-0.15, -0.1) is 0 Å². The lowest BCUT2D eigenvalue weighted by molar-refractivity contribution is 0.210. The molecule has 1 aliphatic heterocycles. The molecule has 0 bridgehead atoms. The zero-order valence-corrected chi connectivity index (χ0v) is 12.2. The van der Waals surface area contributed by atoms with Crippen LogP contribution in [0.5, 0.6) is 0 Å². The predicted molar refractivity (Wildman–Crippen MR) is 80.7 cm³/mol. The monoisotopic (exact) mass is 273 g/mol. The summed E-state index contributed by atoms with van der Waals surface area (Å²) < 4.78 is 2.17. The molecule has 1 saturated heterocycles. The van der Waals surface area contributed by atoms with E-state index >= 15 is 0 Å². The van der Waals surface area contributed by atoms with Gasteiger partial charge >= 0.3 is 0 Å². The zero-order valence-electron chi connectivity index (χ0n) is 12.2. The van der Waals surface area contributed by atoms with Crippen LogP contribution in [0.1, 0.15) is 30.7 Å². The molecular weight excluding hydrogens is 250 g/mol. The standard InChI is InChI=1S/C16H23N3O/c1-13-5-6-15-14(11-13)17-16(19(15)9-10-20)12-18-7-3-2-4-8-18/h5-6,11,20H,2-4,7-10,12H2,1H3. The summed E-state index contributed by atoms with van der Waals surface area (Å²) in [5.41, 5.74) is 3.41. The quantitative estimate of drug-likeness (QED) is 0.929. The molecule has 4 nitrogen and oxygen atoms in total. The largest absolute Gasteiger partial charge is 0.395 e. The number of aliphatic hydroxyl groups is 1. The van der Waals surface area contributed by atoms with Gasteiger partial charge in [0.15, 0.2) is 0 Å². The van der Waals surface area contributed by atoms with Gasteiger partial charge in [-0.25, -0.2) is 4.98 Å². The van der Waals surface area contributed by atoms with E-state index in [2.05, 4.69) is 34.6 Å². The topological polar surface area (TPSA) is 41.3 Å². The smallest absolute Gasteiger partial charge is 0.124 e. The van der Waals surface area contributed by atoms with Crippen molar-refractivity contribution >= 4 is 11.0 Å². The van der Waals surface area contributed by atoms with E-state index in [9.17, 15) is 5.11 Å². The van der Waals surface area contributed by atoms with Gasteiger partial charge < -0.3 is 9.67 Å². The number of nitrogens with zero attached hydrogens (tertiary/aromatic N) is 3. The van der Waals surface area contributed by atoms with Crippen molar-refractivity contribution in [1.82, 2.24) is 14.5 Å². The lowest BCUT2D eigenvalue weighted by atomic mass is 10.1. The summed E-state index contributed by atoms with van der Waals surface area (Å²) in [6.45, 7) is 6.11. The number of benzene rings is 1. The third kappa shape index (κ3) is 2.72. The molecule has 108 valence electrons. The Kier molecular flexibility index (Phi) is 4.03. The van der Waals surface area contributed by atoms with E-state index in [4.69, 9.17) is 4.98 Å². The molecule has 2 heterocycles. The number of aryl methyl sites for hydroxylation is 1. The van der Waals surface area contributed by atoms with Gasteiger partial charge in [-0.1, -0.05) is 12.5 Å². The molecule has 2 aromatic rings. The summed E-state index contributed by atoms with van der Waals surface area (Å²) in [5, 5.41) is 9.32. The first kappa shape index (κ1) is 13.6. The van der Waals surface area contributed by atoms with E-state index in [1.54, 1.807) is 0 Å². The number of fused-ring (bicyclic) bond motifs is 1. The molecule has 1 fully saturated rings. The Bertz CT molecular complexity index is 585. The Morgan fingerprint density at radius 3 is 2.75 bits per heavy atom. The Morgan fingerprint density at radius 2 is 2.00 bits per heavy atom. The van der Waals surface area contributed by atoms with E-state index < -0.39 is 0 Å². The Hall–Kier alpha value is -1.39. The van der Waals surface area contributed by atoms with Gasteiger partial charge in [0.1, 0.15) is 5.82 Å². The first-order chi connectivity index (χ1) is 9.78. The van der Waals surface area contributed by atoms with Crippen LogP contribution in [0.4, 0.5) is 0 Å². The predicted octanol–water partition coefficient (Wildman–Crippen LogP) is 2.32. The van der Waals surface area contributed by atoms with Crippen molar-refractivity contribution in [3.8, 4) is 0 Å². The molecule has 0 amide bonds. The van der Waals surface area contributed by atoms with Crippen LogP contribution in [0.3, 0.4) is 0 Å². The van der Waals surface area contributed by atoms with Crippen molar-refractivity contribution in [3.63, 3.8) is 0 Å². The number of rotatable bonds is 4. The highest BCUT2D eigenvalue weighted by Gasteiger charge is 2.16. The van der Waals surface area contributed by atoms with Crippen LogP contribution in [0.25, 0.3) is 11.0 Å². The Labute approximate surface area is 120 Å². The van der Waals surface area contributed by atoms with Crippen molar-refractivity contribution in [2.75, 3.05) is 19.7 Å². The summed E-state index contributed by atoms with van der Waals surface area (Å²) in [5.74, 6) is 1.08. The van der Waals surface area contributed by atoms with Crippen LogP contribution < -0.4 is 0 Å². The third-order valence-electron chi connectivity index (χ3n) is 4.12. The second-order valence-corrected chi connectivity index (χ2v) is 5.73. The first-order valence-electron chi connectivity index (χ1n) is 7.57. The first-order valence-corrected chi connectivity index (χ1v) is 7.57. The molecule has 0 aliphatic carbocycles. The highest BCUT2D eigenvalue weighted by Crippen LogP contribution is 2.20.